The van der Waals surface area contributed by atoms with E-state index in [-0.39, 0.29) is 0 Å². The van der Waals surface area contributed by atoms with E-state index in [0.717, 1.165) is 23.3 Å². The second-order valence-electron chi connectivity index (χ2n) is 5.30. The average Bonchev–Trinajstić information content (AvgIpc) is 2.66. The molecule has 0 spiro atoms. The summed E-state index contributed by atoms with van der Waals surface area (Å²) in [6.45, 7) is 3.38. The smallest absolute Gasteiger partial charge is 0.187 e. The molecule has 0 saturated heterocycles. The van der Waals surface area contributed by atoms with Crippen LogP contribution in [0.1, 0.15) is 24.5 Å². The zero-order valence-electron chi connectivity index (χ0n) is 14.5. The molecule has 0 amide bonds. The third-order valence-electron chi connectivity index (χ3n) is 3.32. The largest absolute Gasteiger partial charge is 0.493 e. The second kappa shape index (κ2) is 10.3. The Bertz CT molecular complexity index is 705. The van der Waals surface area contributed by atoms with Crippen molar-refractivity contribution in [2.75, 3.05) is 13.7 Å². The van der Waals surface area contributed by atoms with Gasteiger partial charge in [0.05, 0.1) is 19.9 Å². The molecule has 0 atom stereocenters. The van der Waals surface area contributed by atoms with E-state index < -0.39 is 0 Å². The van der Waals surface area contributed by atoms with Crippen molar-refractivity contribution < 1.29 is 9.47 Å². The van der Waals surface area contributed by atoms with Crippen LogP contribution in [0.2, 0.25) is 0 Å². The third-order valence-corrected chi connectivity index (χ3v) is 3.56. The highest BCUT2D eigenvalue weighted by molar-refractivity contribution is 7.80. The van der Waals surface area contributed by atoms with Crippen LogP contribution in [-0.4, -0.2) is 25.0 Å². The SMILES string of the molecule is CCCOc1ccc(/C=N\NC(=S)NCc2ccccc2)cc1OC. The summed E-state index contributed by atoms with van der Waals surface area (Å²) >= 11 is 5.21. The molecular formula is C19H23N3O2S. The van der Waals surface area contributed by atoms with Gasteiger partial charge < -0.3 is 14.8 Å². The number of hydrogen-bond donors (Lipinski definition) is 2. The number of nitrogens with zero attached hydrogens (tertiary/aromatic N) is 1. The summed E-state index contributed by atoms with van der Waals surface area (Å²) in [6.07, 6.45) is 2.63. The van der Waals surface area contributed by atoms with Gasteiger partial charge in [-0.25, -0.2) is 0 Å². The average molecular weight is 357 g/mol. The molecule has 0 aliphatic carbocycles. The minimum Gasteiger partial charge on any atom is -0.493 e. The molecule has 0 saturated carbocycles. The number of benzene rings is 2. The second-order valence-corrected chi connectivity index (χ2v) is 5.71. The summed E-state index contributed by atoms with van der Waals surface area (Å²) in [5, 5.41) is 7.72. The van der Waals surface area contributed by atoms with Crippen LogP contribution in [0.4, 0.5) is 0 Å². The molecule has 0 aliphatic heterocycles. The van der Waals surface area contributed by atoms with Gasteiger partial charge in [0.2, 0.25) is 0 Å². The van der Waals surface area contributed by atoms with Crippen LogP contribution in [0.5, 0.6) is 11.5 Å². The number of hydrazone groups is 1. The van der Waals surface area contributed by atoms with Crippen molar-refractivity contribution in [1.82, 2.24) is 10.7 Å². The highest BCUT2D eigenvalue weighted by Gasteiger charge is 2.04. The maximum atomic E-state index is 5.63. The number of methoxy groups -OCH3 is 1. The van der Waals surface area contributed by atoms with Gasteiger partial charge in [0.25, 0.3) is 0 Å². The van der Waals surface area contributed by atoms with Crippen molar-refractivity contribution in [2.45, 2.75) is 19.9 Å². The van der Waals surface area contributed by atoms with Gasteiger partial charge in [-0.15, -0.1) is 0 Å². The van der Waals surface area contributed by atoms with Gasteiger partial charge in [-0.2, -0.15) is 5.10 Å². The molecule has 0 aliphatic rings. The van der Waals surface area contributed by atoms with E-state index in [1.165, 1.54) is 0 Å². The first kappa shape index (κ1) is 18.7. The molecule has 0 bridgehead atoms. The number of nitrogens with one attached hydrogen (secondary N) is 2. The summed E-state index contributed by atoms with van der Waals surface area (Å²) in [7, 11) is 1.62. The van der Waals surface area contributed by atoms with Crippen LogP contribution in [-0.2, 0) is 6.54 Å². The lowest BCUT2D eigenvalue weighted by molar-refractivity contribution is 0.294. The number of thiocarbonyl (C=S) groups is 1. The lowest BCUT2D eigenvalue weighted by Gasteiger charge is -2.10. The van der Waals surface area contributed by atoms with Crippen molar-refractivity contribution in [3.63, 3.8) is 0 Å². The molecule has 0 radical (unpaired) electrons. The quantitative estimate of drug-likeness (QED) is 0.430. The number of hydrogen-bond acceptors (Lipinski definition) is 4. The number of rotatable bonds is 8. The molecule has 0 aromatic heterocycles. The molecule has 5 nitrogen and oxygen atoms in total. The Hall–Kier alpha value is -2.60. The summed E-state index contributed by atoms with van der Waals surface area (Å²) in [4.78, 5) is 0. The Morgan fingerprint density at radius 1 is 1.16 bits per heavy atom. The summed E-state index contributed by atoms with van der Waals surface area (Å²) < 4.78 is 11.0. The van der Waals surface area contributed by atoms with E-state index in [4.69, 9.17) is 21.7 Å². The zero-order valence-corrected chi connectivity index (χ0v) is 15.3. The van der Waals surface area contributed by atoms with Gasteiger partial charge in [-0.05, 0) is 48.0 Å². The fourth-order valence-electron chi connectivity index (χ4n) is 2.08. The minimum atomic E-state index is 0.468. The van der Waals surface area contributed by atoms with Crippen LogP contribution in [0.3, 0.4) is 0 Å². The molecule has 2 aromatic carbocycles. The van der Waals surface area contributed by atoms with Gasteiger partial charge in [-0.3, -0.25) is 5.43 Å². The van der Waals surface area contributed by atoms with E-state index in [1.54, 1.807) is 13.3 Å². The van der Waals surface area contributed by atoms with Crippen molar-refractivity contribution in [1.29, 1.82) is 0 Å². The fourth-order valence-corrected chi connectivity index (χ4v) is 2.20. The van der Waals surface area contributed by atoms with Gasteiger partial charge in [0, 0.05) is 6.54 Å². The topological polar surface area (TPSA) is 54.9 Å². The first-order valence-corrected chi connectivity index (χ1v) is 8.55. The van der Waals surface area contributed by atoms with Crippen molar-refractivity contribution in [3.05, 3.63) is 59.7 Å². The van der Waals surface area contributed by atoms with E-state index in [2.05, 4.69) is 22.8 Å². The summed E-state index contributed by atoms with van der Waals surface area (Å²) in [5.41, 5.74) is 4.85. The highest BCUT2D eigenvalue weighted by Crippen LogP contribution is 2.27. The Morgan fingerprint density at radius 3 is 2.68 bits per heavy atom. The van der Waals surface area contributed by atoms with E-state index in [1.807, 2.05) is 48.5 Å². The van der Waals surface area contributed by atoms with Gasteiger partial charge >= 0.3 is 0 Å². The maximum Gasteiger partial charge on any atom is 0.187 e. The van der Waals surface area contributed by atoms with E-state index >= 15 is 0 Å². The molecule has 2 N–H and O–H groups in total. The Balaban J connectivity index is 1.85. The summed E-state index contributed by atoms with van der Waals surface area (Å²) in [6, 6.07) is 15.7. The predicted molar refractivity (Wildman–Crippen MR) is 105 cm³/mol. The third kappa shape index (κ3) is 6.43. The Morgan fingerprint density at radius 2 is 1.96 bits per heavy atom. The van der Waals surface area contributed by atoms with E-state index in [9.17, 15) is 0 Å². The summed E-state index contributed by atoms with van der Waals surface area (Å²) in [5.74, 6) is 1.41. The number of ether oxygens (including phenoxy) is 2. The highest BCUT2D eigenvalue weighted by atomic mass is 32.1. The van der Waals surface area contributed by atoms with Crippen LogP contribution >= 0.6 is 12.2 Å². The maximum absolute atomic E-state index is 5.63. The molecular weight excluding hydrogens is 334 g/mol. The Labute approximate surface area is 154 Å². The molecule has 2 aromatic rings. The van der Waals surface area contributed by atoms with Crippen LogP contribution in [0.15, 0.2) is 53.6 Å². The van der Waals surface area contributed by atoms with Crippen molar-refractivity contribution in [3.8, 4) is 11.5 Å². The van der Waals surface area contributed by atoms with Crippen LogP contribution < -0.4 is 20.2 Å². The molecule has 6 heteroatoms. The Kier molecular flexibility index (Phi) is 7.72. The molecule has 25 heavy (non-hydrogen) atoms. The standard InChI is InChI=1S/C19H23N3O2S/c1-3-11-24-17-10-9-16(12-18(17)23-2)14-21-22-19(25)20-13-15-7-5-4-6-8-15/h4-10,12,14H,3,11,13H2,1-2H3,(H2,20,22,25)/b21-14-. The normalized spacial score (nSPS) is 10.5. The molecule has 0 fully saturated rings. The fraction of sp³-hybridized carbons (Fsp3) is 0.263. The van der Waals surface area contributed by atoms with Crippen LogP contribution in [0.25, 0.3) is 0 Å². The lowest BCUT2D eigenvalue weighted by Crippen LogP contribution is -2.31. The van der Waals surface area contributed by atoms with Crippen molar-refractivity contribution in [2.24, 2.45) is 5.10 Å². The lowest BCUT2D eigenvalue weighted by atomic mass is 10.2. The molecule has 0 heterocycles. The molecule has 132 valence electrons. The van der Waals surface area contributed by atoms with E-state index in [0.29, 0.717) is 24.0 Å². The predicted octanol–water partition coefficient (Wildman–Crippen LogP) is 3.48. The monoisotopic (exact) mass is 357 g/mol. The van der Waals surface area contributed by atoms with Gasteiger partial charge in [0.1, 0.15) is 0 Å². The van der Waals surface area contributed by atoms with Crippen molar-refractivity contribution >= 4 is 23.5 Å². The first-order valence-electron chi connectivity index (χ1n) is 8.14. The van der Waals surface area contributed by atoms with Gasteiger partial charge in [0.15, 0.2) is 16.6 Å². The molecule has 0 unspecified atom stereocenters. The zero-order chi connectivity index (χ0) is 17.9. The minimum absolute atomic E-state index is 0.468. The first-order chi connectivity index (χ1) is 12.2. The van der Waals surface area contributed by atoms with Crippen LogP contribution in [0, 0.1) is 0 Å². The molecule has 2 rings (SSSR count). The van der Waals surface area contributed by atoms with Gasteiger partial charge in [-0.1, -0.05) is 37.3 Å².